The van der Waals surface area contributed by atoms with Crippen molar-refractivity contribution in [3.05, 3.63) is 36.5 Å². The van der Waals surface area contributed by atoms with Gasteiger partial charge in [0.2, 0.25) is 0 Å². The molecule has 2 aromatic heterocycles. The third-order valence-corrected chi connectivity index (χ3v) is 3.06. The molecule has 0 spiro atoms. The van der Waals surface area contributed by atoms with Crippen LogP contribution in [0.25, 0.3) is 0 Å². The quantitative estimate of drug-likeness (QED) is 0.750. The van der Waals surface area contributed by atoms with Gasteiger partial charge in [0.05, 0.1) is 18.1 Å². The third-order valence-electron chi connectivity index (χ3n) is 3.06. The van der Waals surface area contributed by atoms with Gasteiger partial charge in [0.25, 0.3) is 0 Å². The average Bonchev–Trinajstić information content (AvgIpc) is 3.08. The molecule has 0 bridgehead atoms. The highest BCUT2D eigenvalue weighted by Crippen LogP contribution is 2.19. The number of hydrogen-bond acceptors (Lipinski definition) is 4. The summed E-state index contributed by atoms with van der Waals surface area (Å²) in [6.45, 7) is 0.445. The van der Waals surface area contributed by atoms with Gasteiger partial charge in [0, 0.05) is 18.7 Å². The van der Waals surface area contributed by atoms with Gasteiger partial charge in [-0.05, 0) is 19.1 Å². The zero-order valence-corrected chi connectivity index (χ0v) is 12.7. The van der Waals surface area contributed by atoms with Crippen LogP contribution in [-0.2, 0) is 6.54 Å². The molecule has 0 radical (unpaired) electrons. The number of rotatable bonds is 6. The van der Waals surface area contributed by atoms with Crippen LogP contribution in [-0.4, -0.2) is 33.1 Å². The molecule has 0 saturated heterocycles. The molecule has 2 atom stereocenters. The van der Waals surface area contributed by atoms with Crippen molar-refractivity contribution >= 4 is 11.7 Å². The summed E-state index contributed by atoms with van der Waals surface area (Å²) in [5.41, 5.74) is 0.135. The van der Waals surface area contributed by atoms with Crippen LogP contribution in [0, 0.1) is 0 Å². The van der Waals surface area contributed by atoms with Crippen molar-refractivity contribution < 1.29 is 27.5 Å². The van der Waals surface area contributed by atoms with E-state index < -0.39 is 30.9 Å². The van der Waals surface area contributed by atoms with E-state index in [1.807, 2.05) is 0 Å². The van der Waals surface area contributed by atoms with E-state index in [-0.39, 0.29) is 12.1 Å². The first-order valence-electron chi connectivity index (χ1n) is 7.11. The lowest BCUT2D eigenvalue weighted by Crippen LogP contribution is -2.36. The molecule has 0 aliphatic rings. The fraction of sp³-hybridized carbons (Fsp3) is 0.429. The van der Waals surface area contributed by atoms with Gasteiger partial charge in [-0.1, -0.05) is 0 Å². The normalized spacial score (nSPS) is 14.2. The fourth-order valence-corrected chi connectivity index (χ4v) is 2.08. The molecule has 2 aromatic rings. The van der Waals surface area contributed by atoms with Crippen molar-refractivity contribution in [3.63, 3.8) is 0 Å². The number of furan rings is 1. The van der Waals surface area contributed by atoms with Crippen LogP contribution in [0.5, 0.6) is 0 Å². The van der Waals surface area contributed by atoms with E-state index >= 15 is 0 Å². The number of aliphatic hydroxyl groups excluding tert-OH is 1. The lowest BCUT2D eigenvalue weighted by molar-refractivity contribution is -0.142. The predicted octanol–water partition coefficient (Wildman–Crippen LogP) is 2.67. The van der Waals surface area contributed by atoms with Crippen LogP contribution >= 0.6 is 0 Å². The summed E-state index contributed by atoms with van der Waals surface area (Å²) in [6.07, 6.45) is -1.41. The molecule has 0 aromatic carbocycles. The number of halogens is 3. The van der Waals surface area contributed by atoms with Crippen LogP contribution in [0.4, 0.5) is 23.7 Å². The lowest BCUT2D eigenvalue weighted by Gasteiger charge is -2.16. The molecular weight excluding hydrogens is 329 g/mol. The van der Waals surface area contributed by atoms with E-state index in [1.54, 1.807) is 19.1 Å². The topological polar surface area (TPSA) is 92.3 Å². The van der Waals surface area contributed by atoms with Gasteiger partial charge in [-0.3, -0.25) is 4.68 Å². The number of urea groups is 1. The summed E-state index contributed by atoms with van der Waals surface area (Å²) in [7, 11) is 0. The number of aromatic nitrogens is 2. The van der Waals surface area contributed by atoms with Crippen LogP contribution in [0.15, 0.2) is 35.2 Å². The van der Waals surface area contributed by atoms with Gasteiger partial charge in [0.15, 0.2) is 0 Å². The monoisotopic (exact) mass is 346 g/mol. The summed E-state index contributed by atoms with van der Waals surface area (Å²) in [6, 6.07) is 2.25. The summed E-state index contributed by atoms with van der Waals surface area (Å²) < 4.78 is 42.4. The Bertz CT molecular complexity index is 655. The number of amides is 2. The van der Waals surface area contributed by atoms with E-state index in [2.05, 4.69) is 15.7 Å². The standard InChI is InChI=1S/C14H17F3N4O3/c1-9(5-11(22)12-3-2-4-24-12)19-13(23)20-10-6-18-21(7-10)8-14(15,16)17/h2-4,6-7,9,11,22H,5,8H2,1H3,(H2,19,20,23). The number of hydrogen-bond donors (Lipinski definition) is 3. The van der Waals surface area contributed by atoms with Gasteiger partial charge in [-0.25, -0.2) is 4.79 Å². The molecule has 2 heterocycles. The second kappa shape index (κ2) is 7.39. The van der Waals surface area contributed by atoms with Crippen molar-refractivity contribution in [1.82, 2.24) is 15.1 Å². The largest absolute Gasteiger partial charge is 0.467 e. The molecule has 7 nitrogen and oxygen atoms in total. The molecule has 0 saturated carbocycles. The summed E-state index contributed by atoms with van der Waals surface area (Å²) in [5, 5.41) is 18.4. The van der Waals surface area contributed by atoms with Crippen LogP contribution in [0.2, 0.25) is 0 Å². The summed E-state index contributed by atoms with van der Waals surface area (Å²) in [5.74, 6) is 0.387. The average molecular weight is 346 g/mol. The van der Waals surface area contributed by atoms with Crippen LogP contribution in [0.1, 0.15) is 25.2 Å². The van der Waals surface area contributed by atoms with Gasteiger partial charge >= 0.3 is 12.2 Å². The van der Waals surface area contributed by atoms with Gasteiger partial charge in [-0.15, -0.1) is 0 Å². The van der Waals surface area contributed by atoms with Crippen molar-refractivity contribution in [1.29, 1.82) is 0 Å². The van der Waals surface area contributed by atoms with E-state index in [9.17, 15) is 23.1 Å². The maximum Gasteiger partial charge on any atom is 0.408 e. The molecule has 10 heteroatoms. The number of nitrogens with zero attached hydrogens (tertiary/aromatic N) is 2. The molecule has 0 fully saturated rings. The Kier molecular flexibility index (Phi) is 5.50. The Morgan fingerprint density at radius 3 is 2.88 bits per heavy atom. The maximum atomic E-state index is 12.2. The molecule has 0 aliphatic carbocycles. The van der Waals surface area contributed by atoms with Crippen LogP contribution < -0.4 is 10.6 Å². The van der Waals surface area contributed by atoms with E-state index in [1.165, 1.54) is 6.26 Å². The first-order chi connectivity index (χ1) is 11.2. The summed E-state index contributed by atoms with van der Waals surface area (Å²) >= 11 is 0. The summed E-state index contributed by atoms with van der Waals surface area (Å²) in [4.78, 5) is 11.8. The molecule has 3 N–H and O–H groups in total. The van der Waals surface area contributed by atoms with Crippen LogP contribution in [0.3, 0.4) is 0 Å². The highest BCUT2D eigenvalue weighted by molar-refractivity contribution is 5.89. The molecule has 24 heavy (non-hydrogen) atoms. The van der Waals surface area contributed by atoms with E-state index in [0.717, 1.165) is 12.4 Å². The Hall–Kier alpha value is -2.49. The van der Waals surface area contributed by atoms with E-state index in [0.29, 0.717) is 10.4 Å². The third kappa shape index (κ3) is 5.61. The molecule has 132 valence electrons. The van der Waals surface area contributed by atoms with Gasteiger partial charge in [0.1, 0.15) is 18.4 Å². The minimum Gasteiger partial charge on any atom is -0.467 e. The first-order valence-corrected chi connectivity index (χ1v) is 7.11. The second-order valence-electron chi connectivity index (χ2n) is 5.31. The highest BCUT2D eigenvalue weighted by atomic mass is 19.4. The zero-order chi connectivity index (χ0) is 17.7. The SMILES string of the molecule is CC(CC(O)c1ccco1)NC(=O)Nc1cnn(CC(F)(F)F)c1. The second-order valence-corrected chi connectivity index (χ2v) is 5.31. The highest BCUT2D eigenvalue weighted by Gasteiger charge is 2.28. The fourth-order valence-electron chi connectivity index (χ4n) is 2.08. The zero-order valence-electron chi connectivity index (χ0n) is 12.7. The number of carbonyl (C=O) groups excluding carboxylic acids is 1. The van der Waals surface area contributed by atoms with Crippen molar-refractivity contribution in [2.24, 2.45) is 0 Å². The number of carbonyl (C=O) groups is 1. The molecule has 2 rings (SSSR count). The first kappa shape index (κ1) is 17.9. The molecular formula is C14H17F3N4O3. The number of aliphatic hydroxyl groups is 1. The lowest BCUT2D eigenvalue weighted by atomic mass is 10.1. The minimum absolute atomic E-state index is 0.135. The Balaban J connectivity index is 1.80. The molecule has 2 amide bonds. The maximum absolute atomic E-state index is 12.2. The van der Waals surface area contributed by atoms with E-state index in [4.69, 9.17) is 4.42 Å². The molecule has 2 unspecified atom stereocenters. The smallest absolute Gasteiger partial charge is 0.408 e. The molecule has 0 aliphatic heterocycles. The van der Waals surface area contributed by atoms with Gasteiger partial charge in [-0.2, -0.15) is 18.3 Å². The minimum atomic E-state index is -4.39. The van der Waals surface area contributed by atoms with Gasteiger partial charge < -0.3 is 20.2 Å². The Labute approximate surface area is 135 Å². The van der Waals surface area contributed by atoms with Crippen molar-refractivity contribution in [2.45, 2.75) is 38.2 Å². The Morgan fingerprint density at radius 1 is 1.50 bits per heavy atom. The number of anilines is 1. The van der Waals surface area contributed by atoms with Crippen molar-refractivity contribution in [2.75, 3.05) is 5.32 Å². The predicted molar refractivity (Wildman–Crippen MR) is 78.2 cm³/mol. The number of alkyl halides is 3. The van der Waals surface area contributed by atoms with Crippen molar-refractivity contribution in [3.8, 4) is 0 Å². The Morgan fingerprint density at radius 2 is 2.25 bits per heavy atom. The number of nitrogens with one attached hydrogen (secondary N) is 2.